The fraction of sp³-hybridized carbons (Fsp3) is 0.615. The number of aromatic nitrogens is 1. The van der Waals surface area contributed by atoms with Gasteiger partial charge in [-0.05, 0) is 55.2 Å². The molecule has 1 aromatic rings. The Labute approximate surface area is 91.4 Å². The molecule has 1 saturated carbocycles. The highest BCUT2D eigenvalue weighted by molar-refractivity contribution is 5.26. The van der Waals surface area contributed by atoms with Crippen LogP contribution in [0.2, 0.25) is 0 Å². The highest BCUT2D eigenvalue weighted by atomic mass is 16.3. The van der Waals surface area contributed by atoms with E-state index in [1.165, 1.54) is 17.5 Å². The first kappa shape index (κ1) is 10.6. The van der Waals surface area contributed by atoms with Crippen LogP contribution in [0.15, 0.2) is 18.5 Å². The molecule has 1 aromatic heterocycles. The van der Waals surface area contributed by atoms with Crippen LogP contribution in [-0.2, 0) is 0 Å². The fourth-order valence-corrected chi connectivity index (χ4v) is 2.76. The topological polar surface area (TPSA) is 33.1 Å². The molecule has 0 saturated heterocycles. The summed E-state index contributed by atoms with van der Waals surface area (Å²) < 4.78 is 0. The van der Waals surface area contributed by atoms with Crippen LogP contribution in [0.3, 0.4) is 0 Å². The smallest absolute Gasteiger partial charge is 0.0548 e. The summed E-state index contributed by atoms with van der Waals surface area (Å²) in [5, 5.41) is 9.79. The van der Waals surface area contributed by atoms with E-state index in [-0.39, 0.29) is 6.10 Å². The van der Waals surface area contributed by atoms with Gasteiger partial charge in [0.1, 0.15) is 0 Å². The Hall–Kier alpha value is -0.890. The van der Waals surface area contributed by atoms with Gasteiger partial charge >= 0.3 is 0 Å². The van der Waals surface area contributed by atoms with E-state index in [4.69, 9.17) is 0 Å². The minimum absolute atomic E-state index is 0.119. The normalized spacial score (nSPS) is 31.5. The number of hydrogen-bond acceptors (Lipinski definition) is 2. The van der Waals surface area contributed by atoms with Crippen LogP contribution in [0.1, 0.15) is 43.2 Å². The number of aryl methyl sites for hydroxylation is 1. The van der Waals surface area contributed by atoms with E-state index >= 15 is 0 Å². The Morgan fingerprint density at radius 1 is 1.33 bits per heavy atom. The van der Waals surface area contributed by atoms with Crippen LogP contribution < -0.4 is 0 Å². The lowest BCUT2D eigenvalue weighted by Gasteiger charge is -2.31. The van der Waals surface area contributed by atoms with Gasteiger partial charge in [-0.2, -0.15) is 0 Å². The van der Waals surface area contributed by atoms with Crippen LogP contribution in [-0.4, -0.2) is 16.2 Å². The molecule has 2 rings (SSSR count). The number of pyridine rings is 1. The van der Waals surface area contributed by atoms with E-state index in [1.54, 1.807) is 0 Å². The van der Waals surface area contributed by atoms with Gasteiger partial charge in [-0.1, -0.05) is 6.92 Å². The molecule has 0 spiro atoms. The zero-order valence-corrected chi connectivity index (χ0v) is 9.48. The van der Waals surface area contributed by atoms with Gasteiger partial charge in [0, 0.05) is 12.4 Å². The average Bonchev–Trinajstić information content (AvgIpc) is 2.16. The molecule has 3 atom stereocenters. The lowest BCUT2D eigenvalue weighted by Crippen LogP contribution is -2.24. The molecule has 2 nitrogen and oxygen atoms in total. The summed E-state index contributed by atoms with van der Waals surface area (Å²) in [7, 11) is 0. The van der Waals surface area contributed by atoms with Crippen LogP contribution in [0.5, 0.6) is 0 Å². The minimum Gasteiger partial charge on any atom is -0.393 e. The van der Waals surface area contributed by atoms with E-state index in [0.29, 0.717) is 11.8 Å². The third-order valence-electron chi connectivity index (χ3n) is 3.42. The van der Waals surface area contributed by atoms with Crippen LogP contribution >= 0.6 is 0 Å². The molecule has 2 heteroatoms. The highest BCUT2D eigenvalue weighted by Gasteiger charge is 2.26. The minimum atomic E-state index is -0.119. The predicted molar refractivity (Wildman–Crippen MR) is 60.7 cm³/mol. The molecule has 1 heterocycles. The van der Waals surface area contributed by atoms with Crippen LogP contribution in [0, 0.1) is 12.8 Å². The Bertz CT molecular complexity index is 327. The summed E-state index contributed by atoms with van der Waals surface area (Å²) in [6.07, 6.45) is 6.72. The van der Waals surface area contributed by atoms with Crippen molar-refractivity contribution in [2.24, 2.45) is 5.92 Å². The Balaban J connectivity index is 2.20. The van der Waals surface area contributed by atoms with Gasteiger partial charge in [-0.3, -0.25) is 4.98 Å². The summed E-state index contributed by atoms with van der Waals surface area (Å²) in [6, 6.07) is 2.10. The van der Waals surface area contributed by atoms with Crippen molar-refractivity contribution in [3.05, 3.63) is 29.6 Å². The zero-order chi connectivity index (χ0) is 10.8. The molecule has 0 amide bonds. The molecule has 1 fully saturated rings. The van der Waals surface area contributed by atoms with E-state index in [9.17, 15) is 5.11 Å². The number of nitrogens with zero attached hydrogens (tertiary/aromatic N) is 1. The van der Waals surface area contributed by atoms with Crippen LogP contribution in [0.25, 0.3) is 0 Å². The zero-order valence-electron chi connectivity index (χ0n) is 9.48. The quantitative estimate of drug-likeness (QED) is 0.764. The molecular weight excluding hydrogens is 186 g/mol. The summed E-state index contributed by atoms with van der Waals surface area (Å²) >= 11 is 0. The van der Waals surface area contributed by atoms with Crippen molar-refractivity contribution in [2.75, 3.05) is 0 Å². The second-order valence-corrected chi connectivity index (χ2v) is 4.90. The largest absolute Gasteiger partial charge is 0.393 e. The third kappa shape index (κ3) is 2.37. The van der Waals surface area contributed by atoms with E-state index in [2.05, 4.69) is 24.9 Å². The van der Waals surface area contributed by atoms with Gasteiger partial charge in [-0.25, -0.2) is 0 Å². The van der Waals surface area contributed by atoms with E-state index < -0.39 is 0 Å². The fourth-order valence-electron chi connectivity index (χ4n) is 2.76. The molecule has 82 valence electrons. The first-order valence-corrected chi connectivity index (χ1v) is 5.75. The first-order chi connectivity index (χ1) is 7.16. The molecular formula is C13H19NO. The van der Waals surface area contributed by atoms with Crippen LogP contribution in [0.4, 0.5) is 0 Å². The Kier molecular flexibility index (Phi) is 3.06. The van der Waals surface area contributed by atoms with Gasteiger partial charge in [0.15, 0.2) is 0 Å². The van der Waals surface area contributed by atoms with Gasteiger partial charge in [0.05, 0.1) is 6.10 Å². The molecule has 1 unspecified atom stereocenters. The lowest BCUT2D eigenvalue weighted by molar-refractivity contribution is 0.0944. The molecule has 0 aliphatic heterocycles. The van der Waals surface area contributed by atoms with Crippen molar-refractivity contribution >= 4 is 0 Å². The third-order valence-corrected chi connectivity index (χ3v) is 3.42. The van der Waals surface area contributed by atoms with Gasteiger partial charge in [0.25, 0.3) is 0 Å². The maximum atomic E-state index is 9.79. The summed E-state index contributed by atoms with van der Waals surface area (Å²) in [6.45, 7) is 4.33. The maximum absolute atomic E-state index is 9.79. The van der Waals surface area contributed by atoms with E-state index in [1.807, 2.05) is 12.4 Å². The lowest BCUT2D eigenvalue weighted by atomic mass is 9.76. The van der Waals surface area contributed by atoms with Crippen molar-refractivity contribution in [2.45, 2.75) is 45.1 Å². The van der Waals surface area contributed by atoms with Crippen molar-refractivity contribution < 1.29 is 5.11 Å². The molecule has 1 N–H and O–H groups in total. The average molecular weight is 205 g/mol. The van der Waals surface area contributed by atoms with Crippen molar-refractivity contribution in [1.82, 2.24) is 4.98 Å². The maximum Gasteiger partial charge on any atom is 0.0548 e. The van der Waals surface area contributed by atoms with Crippen molar-refractivity contribution in [3.63, 3.8) is 0 Å². The molecule has 0 radical (unpaired) electrons. The second-order valence-electron chi connectivity index (χ2n) is 4.90. The van der Waals surface area contributed by atoms with Gasteiger partial charge in [-0.15, -0.1) is 0 Å². The predicted octanol–water partition coefficient (Wildman–Crippen LogP) is 2.65. The molecule has 0 aromatic carbocycles. The Morgan fingerprint density at radius 2 is 2.13 bits per heavy atom. The number of rotatable bonds is 1. The van der Waals surface area contributed by atoms with Crippen molar-refractivity contribution in [3.8, 4) is 0 Å². The standard InChI is InChI=1S/C13H19NO/c1-9-5-11(7-12(15)6-9)13-3-4-14-8-10(13)2/h3-4,8-9,11-12,15H,5-7H2,1-2H3/t9-,11?,12-/m0/s1. The highest BCUT2D eigenvalue weighted by Crippen LogP contribution is 2.36. The summed E-state index contributed by atoms with van der Waals surface area (Å²) in [5.74, 6) is 1.15. The van der Waals surface area contributed by atoms with Gasteiger partial charge < -0.3 is 5.11 Å². The monoisotopic (exact) mass is 205 g/mol. The molecule has 0 bridgehead atoms. The number of aliphatic hydroxyl groups excluding tert-OH is 1. The molecule has 15 heavy (non-hydrogen) atoms. The number of hydrogen-bond donors (Lipinski definition) is 1. The summed E-state index contributed by atoms with van der Waals surface area (Å²) in [4.78, 5) is 4.12. The molecule has 1 aliphatic carbocycles. The van der Waals surface area contributed by atoms with E-state index in [0.717, 1.165) is 12.8 Å². The SMILES string of the molecule is Cc1cnccc1C1C[C@H](C)C[C@H](O)C1. The second kappa shape index (κ2) is 4.31. The van der Waals surface area contributed by atoms with Gasteiger partial charge in [0.2, 0.25) is 0 Å². The molecule has 1 aliphatic rings. The van der Waals surface area contributed by atoms with Crippen molar-refractivity contribution in [1.29, 1.82) is 0 Å². The first-order valence-electron chi connectivity index (χ1n) is 5.75. The number of aliphatic hydroxyl groups is 1. The Morgan fingerprint density at radius 3 is 2.80 bits per heavy atom. The summed E-state index contributed by atoms with van der Waals surface area (Å²) in [5.41, 5.74) is 2.62.